The van der Waals surface area contributed by atoms with Crippen LogP contribution in [0.3, 0.4) is 0 Å². The van der Waals surface area contributed by atoms with Crippen LogP contribution in [0.4, 0.5) is 18.9 Å². The molecule has 1 heterocycles. The van der Waals surface area contributed by atoms with Crippen molar-refractivity contribution in [2.75, 3.05) is 11.9 Å². The van der Waals surface area contributed by atoms with Crippen molar-refractivity contribution in [3.05, 3.63) is 47.8 Å². The van der Waals surface area contributed by atoms with Gasteiger partial charge >= 0.3 is 6.18 Å². The topological polar surface area (TPSA) is 76.0 Å². The molecule has 2 N–H and O–H groups in total. The number of anilines is 1. The molecule has 2 rings (SSSR count). The number of para-hydroxylation sites is 1. The predicted octanol–water partition coefficient (Wildman–Crippen LogP) is 2.68. The third kappa shape index (κ3) is 5.07. The number of halogens is 3. The van der Waals surface area contributed by atoms with E-state index >= 15 is 0 Å². The molecule has 0 radical (unpaired) electrons. The minimum atomic E-state index is -4.56. The van der Waals surface area contributed by atoms with Gasteiger partial charge < -0.3 is 10.6 Å². The summed E-state index contributed by atoms with van der Waals surface area (Å²) in [6.45, 7) is 2.00. The Hall–Kier alpha value is -2.84. The van der Waals surface area contributed by atoms with Crippen molar-refractivity contribution >= 4 is 17.5 Å². The van der Waals surface area contributed by atoms with Gasteiger partial charge in [-0.05, 0) is 24.6 Å². The van der Waals surface area contributed by atoms with Crippen LogP contribution in [0.25, 0.3) is 0 Å². The van der Waals surface area contributed by atoms with Gasteiger partial charge in [-0.3, -0.25) is 14.3 Å². The van der Waals surface area contributed by atoms with Crippen LogP contribution in [0.2, 0.25) is 0 Å². The van der Waals surface area contributed by atoms with Crippen molar-refractivity contribution in [1.82, 2.24) is 15.1 Å². The minimum absolute atomic E-state index is 0.278. The Morgan fingerprint density at radius 1 is 1.20 bits per heavy atom. The first-order valence-electron chi connectivity index (χ1n) is 7.59. The zero-order valence-corrected chi connectivity index (χ0v) is 13.4. The van der Waals surface area contributed by atoms with Crippen LogP contribution in [0.15, 0.2) is 36.5 Å². The summed E-state index contributed by atoms with van der Waals surface area (Å²) in [4.78, 5) is 24.1. The van der Waals surface area contributed by atoms with Gasteiger partial charge in [-0.15, -0.1) is 0 Å². The van der Waals surface area contributed by atoms with Gasteiger partial charge in [0.15, 0.2) is 5.69 Å². The zero-order valence-electron chi connectivity index (χ0n) is 13.4. The molecule has 1 aromatic heterocycles. The molecule has 25 heavy (non-hydrogen) atoms. The number of amides is 2. The lowest BCUT2D eigenvalue weighted by Gasteiger charge is -2.11. The molecule has 2 amide bonds. The maximum atomic E-state index is 12.5. The maximum Gasteiger partial charge on any atom is 0.435 e. The second-order valence-corrected chi connectivity index (χ2v) is 5.25. The third-order valence-electron chi connectivity index (χ3n) is 3.22. The highest BCUT2D eigenvalue weighted by Gasteiger charge is 2.33. The van der Waals surface area contributed by atoms with Crippen molar-refractivity contribution in [1.29, 1.82) is 0 Å². The minimum Gasteiger partial charge on any atom is -0.352 e. The van der Waals surface area contributed by atoms with Gasteiger partial charge in [0, 0.05) is 12.7 Å². The summed E-state index contributed by atoms with van der Waals surface area (Å²) >= 11 is 0. The smallest absolute Gasteiger partial charge is 0.352 e. The maximum absolute atomic E-state index is 12.5. The highest BCUT2D eigenvalue weighted by molar-refractivity contribution is 6.03. The van der Waals surface area contributed by atoms with Crippen LogP contribution >= 0.6 is 0 Å². The summed E-state index contributed by atoms with van der Waals surface area (Å²) in [6, 6.07) is 7.18. The van der Waals surface area contributed by atoms with Gasteiger partial charge in [-0.25, -0.2) is 0 Å². The largest absolute Gasteiger partial charge is 0.435 e. The number of alkyl halides is 3. The Kier molecular flexibility index (Phi) is 5.79. The summed E-state index contributed by atoms with van der Waals surface area (Å²) in [5, 5.41) is 8.53. The quantitative estimate of drug-likeness (QED) is 0.837. The van der Waals surface area contributed by atoms with Crippen molar-refractivity contribution in [3.8, 4) is 0 Å². The van der Waals surface area contributed by atoms with Crippen LogP contribution in [0.1, 0.15) is 29.4 Å². The highest BCUT2D eigenvalue weighted by Crippen LogP contribution is 2.27. The molecule has 0 fully saturated rings. The van der Waals surface area contributed by atoms with E-state index in [1.807, 2.05) is 6.92 Å². The number of nitrogens with zero attached hydrogens (tertiary/aromatic N) is 2. The molecule has 1 aromatic carbocycles. The normalized spacial score (nSPS) is 11.2. The van der Waals surface area contributed by atoms with Gasteiger partial charge in [0.1, 0.15) is 6.54 Å². The first-order chi connectivity index (χ1) is 11.8. The van der Waals surface area contributed by atoms with Gasteiger partial charge in [0.05, 0.1) is 11.3 Å². The van der Waals surface area contributed by atoms with E-state index in [-0.39, 0.29) is 17.2 Å². The highest BCUT2D eigenvalue weighted by atomic mass is 19.4. The predicted molar refractivity (Wildman–Crippen MR) is 84.9 cm³/mol. The standard InChI is InChI=1S/C16H17F3N4O2/c1-2-8-20-15(25)11-5-3-4-6-12(11)21-14(24)10-23-9-7-13(22-23)16(17,18)19/h3-7,9H,2,8,10H2,1H3,(H,20,25)(H,21,24). The Morgan fingerprint density at radius 2 is 1.92 bits per heavy atom. The summed E-state index contributed by atoms with van der Waals surface area (Å²) in [6.07, 6.45) is -2.73. The number of hydrogen-bond donors (Lipinski definition) is 2. The summed E-state index contributed by atoms with van der Waals surface area (Å²) in [5.74, 6) is -0.927. The van der Waals surface area contributed by atoms with Gasteiger partial charge in [-0.2, -0.15) is 18.3 Å². The molecular weight excluding hydrogens is 337 g/mol. The number of nitrogens with one attached hydrogen (secondary N) is 2. The fraction of sp³-hybridized carbons (Fsp3) is 0.312. The summed E-state index contributed by atoms with van der Waals surface area (Å²) in [7, 11) is 0. The summed E-state index contributed by atoms with van der Waals surface area (Å²) in [5.41, 5.74) is -0.510. The van der Waals surface area contributed by atoms with Crippen molar-refractivity contribution in [2.24, 2.45) is 0 Å². The van der Waals surface area contributed by atoms with E-state index in [2.05, 4.69) is 15.7 Å². The van der Waals surface area contributed by atoms with Gasteiger partial charge in [0.25, 0.3) is 5.91 Å². The fourth-order valence-corrected chi connectivity index (χ4v) is 2.06. The van der Waals surface area contributed by atoms with Crippen LogP contribution in [0.5, 0.6) is 0 Å². The monoisotopic (exact) mass is 354 g/mol. The van der Waals surface area contributed by atoms with E-state index in [0.29, 0.717) is 6.54 Å². The number of aromatic nitrogens is 2. The molecule has 0 saturated heterocycles. The molecule has 134 valence electrons. The van der Waals surface area contributed by atoms with Crippen molar-refractivity contribution < 1.29 is 22.8 Å². The summed E-state index contributed by atoms with van der Waals surface area (Å²) < 4.78 is 38.4. The molecule has 0 unspecified atom stereocenters. The molecule has 0 spiro atoms. The van der Waals surface area contributed by atoms with E-state index in [4.69, 9.17) is 0 Å². The average Bonchev–Trinajstić information content (AvgIpc) is 3.01. The van der Waals surface area contributed by atoms with Crippen molar-refractivity contribution in [3.63, 3.8) is 0 Å². The number of rotatable bonds is 6. The van der Waals surface area contributed by atoms with E-state index in [0.717, 1.165) is 23.4 Å². The molecule has 0 bridgehead atoms. The Balaban J connectivity index is 2.06. The molecule has 0 saturated carbocycles. The number of carbonyl (C=O) groups is 2. The SMILES string of the molecule is CCCNC(=O)c1ccccc1NC(=O)Cn1ccc(C(F)(F)F)n1. The molecule has 9 heteroatoms. The van der Waals surface area contributed by atoms with E-state index in [1.165, 1.54) is 0 Å². The molecule has 2 aromatic rings. The third-order valence-corrected chi connectivity index (χ3v) is 3.22. The van der Waals surface area contributed by atoms with Crippen molar-refractivity contribution in [2.45, 2.75) is 26.1 Å². The fourth-order valence-electron chi connectivity index (χ4n) is 2.06. The van der Waals surface area contributed by atoms with E-state index in [9.17, 15) is 22.8 Å². The Bertz CT molecular complexity index is 756. The van der Waals surface area contributed by atoms with Gasteiger partial charge in [-0.1, -0.05) is 19.1 Å². The number of carbonyl (C=O) groups excluding carboxylic acids is 2. The zero-order chi connectivity index (χ0) is 18.4. The second-order valence-electron chi connectivity index (χ2n) is 5.25. The Morgan fingerprint density at radius 3 is 2.56 bits per heavy atom. The first-order valence-corrected chi connectivity index (χ1v) is 7.59. The van der Waals surface area contributed by atoms with Crippen LogP contribution < -0.4 is 10.6 Å². The lowest BCUT2D eigenvalue weighted by molar-refractivity contribution is -0.141. The van der Waals surface area contributed by atoms with E-state index in [1.54, 1.807) is 24.3 Å². The molecule has 0 atom stereocenters. The first kappa shape index (κ1) is 18.5. The molecular formula is C16H17F3N4O2. The molecule has 0 aliphatic heterocycles. The molecule has 0 aliphatic carbocycles. The molecule has 6 nitrogen and oxygen atoms in total. The second kappa shape index (κ2) is 7.82. The number of benzene rings is 1. The Labute approximate surface area is 142 Å². The van der Waals surface area contributed by atoms with Crippen LogP contribution in [-0.2, 0) is 17.5 Å². The van der Waals surface area contributed by atoms with Crippen LogP contribution in [-0.4, -0.2) is 28.1 Å². The van der Waals surface area contributed by atoms with Crippen LogP contribution in [0, 0.1) is 0 Å². The van der Waals surface area contributed by atoms with E-state index < -0.39 is 24.3 Å². The average molecular weight is 354 g/mol. The molecule has 0 aliphatic rings. The number of hydrogen-bond acceptors (Lipinski definition) is 3. The lowest BCUT2D eigenvalue weighted by atomic mass is 10.1. The lowest BCUT2D eigenvalue weighted by Crippen LogP contribution is -2.26. The van der Waals surface area contributed by atoms with Gasteiger partial charge in [0.2, 0.25) is 5.91 Å².